The molecule has 0 saturated heterocycles. The zero-order chi connectivity index (χ0) is 15.4. The van der Waals surface area contributed by atoms with Gasteiger partial charge in [-0.05, 0) is 29.9 Å². The number of nitrogens with two attached hydrogens (primary N) is 1. The lowest BCUT2D eigenvalue weighted by molar-refractivity contribution is 0.0936. The Bertz CT molecular complexity index is 617. The smallest absolute Gasteiger partial charge is 0.261 e. The summed E-state index contributed by atoms with van der Waals surface area (Å²) in [4.78, 5) is 25.1. The van der Waals surface area contributed by atoms with E-state index in [2.05, 4.69) is 19.2 Å². The highest BCUT2D eigenvalue weighted by Gasteiger charge is 2.19. The van der Waals surface area contributed by atoms with Gasteiger partial charge >= 0.3 is 0 Å². The van der Waals surface area contributed by atoms with Crippen LogP contribution in [0.1, 0.15) is 51.2 Å². The molecule has 2 amide bonds. The van der Waals surface area contributed by atoms with Gasteiger partial charge in [0, 0.05) is 10.3 Å². The molecule has 0 saturated carbocycles. The molecule has 21 heavy (non-hydrogen) atoms. The van der Waals surface area contributed by atoms with Crippen LogP contribution in [0.2, 0.25) is 0 Å². The Hall–Kier alpha value is -1.66. The van der Waals surface area contributed by atoms with E-state index >= 15 is 0 Å². The van der Waals surface area contributed by atoms with E-state index in [-0.39, 0.29) is 11.9 Å². The van der Waals surface area contributed by atoms with Crippen molar-refractivity contribution in [2.75, 3.05) is 0 Å². The molecule has 0 bridgehead atoms. The standard InChI is InChI=1S/C15H18N2O2S2/c1-9(2)6-11(12-4-3-5-20-12)17-15(19)13-7-10(8-21-13)14(16)18/h3-5,7-9,11H,6H2,1-2H3,(H2,16,18)(H,17,19). The average molecular weight is 322 g/mol. The molecule has 0 spiro atoms. The van der Waals surface area contributed by atoms with Crippen molar-refractivity contribution in [2.45, 2.75) is 26.3 Å². The SMILES string of the molecule is CC(C)CC(NC(=O)c1cc(C(N)=O)cs1)c1cccs1. The van der Waals surface area contributed by atoms with E-state index in [0.717, 1.165) is 11.3 Å². The molecule has 2 heterocycles. The summed E-state index contributed by atoms with van der Waals surface area (Å²) in [7, 11) is 0. The number of thiophene rings is 2. The Labute approximate surface area is 132 Å². The van der Waals surface area contributed by atoms with Crippen LogP contribution < -0.4 is 11.1 Å². The summed E-state index contributed by atoms with van der Waals surface area (Å²) in [6.07, 6.45) is 0.875. The van der Waals surface area contributed by atoms with E-state index in [1.807, 2.05) is 17.5 Å². The minimum absolute atomic E-state index is 0.00312. The fraction of sp³-hybridized carbons (Fsp3) is 0.333. The van der Waals surface area contributed by atoms with Crippen molar-refractivity contribution in [3.8, 4) is 0 Å². The number of amides is 2. The van der Waals surface area contributed by atoms with Crippen LogP contribution in [0.25, 0.3) is 0 Å². The molecule has 2 rings (SSSR count). The van der Waals surface area contributed by atoms with Crippen LogP contribution in [-0.4, -0.2) is 11.8 Å². The molecule has 6 heteroatoms. The zero-order valence-electron chi connectivity index (χ0n) is 12.0. The highest BCUT2D eigenvalue weighted by atomic mass is 32.1. The second-order valence-electron chi connectivity index (χ2n) is 5.23. The monoisotopic (exact) mass is 322 g/mol. The first-order valence-corrected chi connectivity index (χ1v) is 8.46. The van der Waals surface area contributed by atoms with Gasteiger partial charge in [0.2, 0.25) is 5.91 Å². The van der Waals surface area contributed by atoms with E-state index in [4.69, 9.17) is 5.73 Å². The number of carbonyl (C=O) groups excluding carboxylic acids is 2. The van der Waals surface area contributed by atoms with E-state index < -0.39 is 5.91 Å². The van der Waals surface area contributed by atoms with Crippen LogP contribution >= 0.6 is 22.7 Å². The van der Waals surface area contributed by atoms with E-state index in [9.17, 15) is 9.59 Å². The molecule has 2 aromatic rings. The van der Waals surface area contributed by atoms with E-state index in [1.54, 1.807) is 22.8 Å². The van der Waals surface area contributed by atoms with E-state index in [1.165, 1.54) is 11.3 Å². The second-order valence-corrected chi connectivity index (χ2v) is 7.13. The van der Waals surface area contributed by atoms with Crippen LogP contribution in [0.15, 0.2) is 29.0 Å². The highest BCUT2D eigenvalue weighted by molar-refractivity contribution is 7.12. The topological polar surface area (TPSA) is 72.2 Å². The van der Waals surface area contributed by atoms with Gasteiger partial charge in [0.1, 0.15) is 0 Å². The maximum absolute atomic E-state index is 12.3. The fourth-order valence-electron chi connectivity index (χ4n) is 2.02. The molecule has 0 aliphatic heterocycles. The summed E-state index contributed by atoms with van der Waals surface area (Å²) in [5.41, 5.74) is 5.59. The van der Waals surface area contributed by atoms with Crippen molar-refractivity contribution in [1.82, 2.24) is 5.32 Å². The molecular formula is C15H18N2O2S2. The summed E-state index contributed by atoms with van der Waals surface area (Å²) in [5.74, 6) is -0.198. The van der Waals surface area contributed by atoms with Crippen molar-refractivity contribution in [2.24, 2.45) is 11.7 Å². The number of rotatable bonds is 6. The molecule has 0 aliphatic rings. The van der Waals surface area contributed by atoms with Gasteiger partial charge in [-0.1, -0.05) is 19.9 Å². The van der Waals surface area contributed by atoms with Gasteiger partial charge in [-0.2, -0.15) is 0 Å². The predicted molar refractivity (Wildman–Crippen MR) is 86.8 cm³/mol. The van der Waals surface area contributed by atoms with Gasteiger partial charge in [0.25, 0.3) is 5.91 Å². The molecule has 2 aromatic heterocycles. The van der Waals surface area contributed by atoms with Crippen LogP contribution in [0.5, 0.6) is 0 Å². The molecule has 0 aliphatic carbocycles. The highest BCUT2D eigenvalue weighted by Crippen LogP contribution is 2.26. The Morgan fingerprint density at radius 1 is 1.33 bits per heavy atom. The van der Waals surface area contributed by atoms with Crippen molar-refractivity contribution in [1.29, 1.82) is 0 Å². The predicted octanol–water partition coefficient (Wildman–Crippen LogP) is 3.43. The zero-order valence-corrected chi connectivity index (χ0v) is 13.6. The molecule has 1 atom stereocenters. The Kier molecular flexibility index (Phi) is 5.14. The van der Waals surface area contributed by atoms with E-state index in [0.29, 0.717) is 16.4 Å². The third kappa shape index (κ3) is 4.15. The average Bonchev–Trinajstić information content (AvgIpc) is 3.09. The van der Waals surface area contributed by atoms with Crippen LogP contribution in [0, 0.1) is 5.92 Å². The molecule has 112 valence electrons. The normalized spacial score (nSPS) is 12.3. The molecule has 0 fully saturated rings. The number of carbonyl (C=O) groups is 2. The largest absolute Gasteiger partial charge is 0.366 e. The van der Waals surface area contributed by atoms with Crippen molar-refractivity contribution < 1.29 is 9.59 Å². The first kappa shape index (κ1) is 15.7. The molecule has 1 unspecified atom stereocenters. The first-order valence-electron chi connectivity index (χ1n) is 6.70. The maximum Gasteiger partial charge on any atom is 0.261 e. The number of hydrogen-bond donors (Lipinski definition) is 2. The first-order chi connectivity index (χ1) is 9.97. The lowest BCUT2D eigenvalue weighted by atomic mass is 10.0. The van der Waals surface area contributed by atoms with Gasteiger partial charge in [0.05, 0.1) is 16.5 Å². The number of hydrogen-bond acceptors (Lipinski definition) is 4. The van der Waals surface area contributed by atoms with Gasteiger partial charge in [0.15, 0.2) is 0 Å². The van der Waals surface area contributed by atoms with Gasteiger partial charge in [-0.15, -0.1) is 22.7 Å². The molecule has 0 radical (unpaired) electrons. The molecule has 4 nitrogen and oxygen atoms in total. The minimum Gasteiger partial charge on any atom is -0.366 e. The fourth-order valence-corrected chi connectivity index (χ4v) is 3.61. The quantitative estimate of drug-likeness (QED) is 0.855. The van der Waals surface area contributed by atoms with Gasteiger partial charge in [-0.25, -0.2) is 0 Å². The van der Waals surface area contributed by atoms with Crippen molar-refractivity contribution in [3.63, 3.8) is 0 Å². The third-order valence-corrected chi connectivity index (χ3v) is 4.92. The minimum atomic E-state index is -0.512. The maximum atomic E-state index is 12.3. The summed E-state index contributed by atoms with van der Waals surface area (Å²) in [5, 5.41) is 6.67. The summed E-state index contributed by atoms with van der Waals surface area (Å²) >= 11 is 2.87. The molecule has 3 N–H and O–H groups in total. The summed E-state index contributed by atoms with van der Waals surface area (Å²) < 4.78 is 0. The number of nitrogens with one attached hydrogen (secondary N) is 1. The molecular weight excluding hydrogens is 304 g/mol. The third-order valence-electron chi connectivity index (χ3n) is 3.01. The summed E-state index contributed by atoms with van der Waals surface area (Å²) in [6.45, 7) is 4.26. The lowest BCUT2D eigenvalue weighted by Crippen LogP contribution is -2.28. The summed E-state index contributed by atoms with van der Waals surface area (Å²) in [6, 6.07) is 5.55. The van der Waals surface area contributed by atoms with Crippen molar-refractivity contribution >= 4 is 34.5 Å². The van der Waals surface area contributed by atoms with Gasteiger partial charge in [-0.3, -0.25) is 9.59 Å². The lowest BCUT2D eigenvalue weighted by Gasteiger charge is -2.19. The van der Waals surface area contributed by atoms with Crippen LogP contribution in [0.4, 0.5) is 0 Å². The van der Waals surface area contributed by atoms with Crippen LogP contribution in [0.3, 0.4) is 0 Å². The Balaban J connectivity index is 2.12. The molecule has 0 aromatic carbocycles. The number of primary amides is 1. The van der Waals surface area contributed by atoms with Gasteiger partial charge < -0.3 is 11.1 Å². The van der Waals surface area contributed by atoms with Crippen molar-refractivity contribution in [3.05, 3.63) is 44.3 Å². The second kappa shape index (κ2) is 6.87. The Morgan fingerprint density at radius 2 is 2.10 bits per heavy atom. The van der Waals surface area contributed by atoms with Crippen LogP contribution in [-0.2, 0) is 0 Å². The Morgan fingerprint density at radius 3 is 2.62 bits per heavy atom.